The molecule has 0 fully saturated rings. The van der Waals surface area contributed by atoms with Crippen LogP contribution in [0.5, 0.6) is 11.5 Å². The summed E-state index contributed by atoms with van der Waals surface area (Å²) in [6.07, 6.45) is 1.86. The number of phenolic OH excluding ortho intramolecular Hbond substituents is 2. The Kier molecular flexibility index (Phi) is 5.51. The average Bonchev–Trinajstić information content (AvgIpc) is 2.49. The second kappa shape index (κ2) is 7.15. The predicted molar refractivity (Wildman–Crippen MR) is 112 cm³/mol. The van der Waals surface area contributed by atoms with Gasteiger partial charge in [-0.05, 0) is 121 Å². The molecule has 0 atom stereocenters. The molecule has 2 aromatic carbocycles. The van der Waals surface area contributed by atoms with Gasteiger partial charge in [0, 0.05) is 0 Å². The first-order valence-electron chi connectivity index (χ1n) is 6.44. The minimum Gasteiger partial charge on any atom is -0.506 e. The van der Waals surface area contributed by atoms with Crippen LogP contribution in [0, 0.1) is 0 Å². The van der Waals surface area contributed by atoms with E-state index in [0.717, 1.165) is 16.7 Å². The first-order valence-corrected chi connectivity index (χ1v) is 10.4. The van der Waals surface area contributed by atoms with E-state index in [2.05, 4.69) is 79.6 Å². The van der Waals surface area contributed by atoms with E-state index in [4.69, 9.17) is 4.74 Å². The molecule has 3 rings (SSSR count). The van der Waals surface area contributed by atoms with Gasteiger partial charge in [0.25, 0.3) is 0 Å². The van der Waals surface area contributed by atoms with Crippen LogP contribution in [0.4, 0.5) is 0 Å². The maximum atomic E-state index is 9.86. The third kappa shape index (κ3) is 3.49. The van der Waals surface area contributed by atoms with Crippen LogP contribution >= 0.6 is 79.6 Å². The van der Waals surface area contributed by atoms with Crippen LogP contribution in [0.25, 0.3) is 11.6 Å². The number of phenols is 2. The van der Waals surface area contributed by atoms with E-state index in [1.54, 1.807) is 12.1 Å². The van der Waals surface area contributed by atoms with Crippen molar-refractivity contribution in [2.45, 2.75) is 0 Å². The lowest BCUT2D eigenvalue weighted by Crippen LogP contribution is -2.07. The molecule has 1 heterocycles. The second-order valence-corrected chi connectivity index (χ2v) is 9.02. The van der Waals surface area contributed by atoms with Crippen LogP contribution in [-0.2, 0) is 4.74 Å². The highest BCUT2D eigenvalue weighted by atomic mass is 79.9. The molecule has 0 saturated carbocycles. The van der Waals surface area contributed by atoms with Gasteiger partial charge in [-0.2, -0.15) is 0 Å². The fourth-order valence-corrected chi connectivity index (χ4v) is 5.14. The quantitative estimate of drug-likeness (QED) is 0.361. The van der Waals surface area contributed by atoms with Crippen molar-refractivity contribution in [1.29, 1.82) is 0 Å². The molecule has 0 bridgehead atoms. The fraction of sp³-hybridized carbons (Fsp3) is 0. The molecule has 0 aromatic heterocycles. The zero-order valence-corrected chi connectivity index (χ0v) is 19.5. The summed E-state index contributed by atoms with van der Waals surface area (Å²) in [5.74, 6) is 0.971. The Morgan fingerprint density at radius 3 is 1.67 bits per heavy atom. The molecule has 0 spiro atoms. The summed E-state index contributed by atoms with van der Waals surface area (Å²) in [5.41, 5.74) is 2.63. The monoisotopic (exact) mass is 642 g/mol. The molecule has 0 aliphatic carbocycles. The van der Waals surface area contributed by atoms with Gasteiger partial charge in [0.2, 0.25) is 0 Å². The lowest BCUT2D eigenvalue weighted by molar-refractivity contribution is 0.331. The van der Waals surface area contributed by atoms with Crippen molar-refractivity contribution in [3.63, 3.8) is 0 Å². The average molecular weight is 647 g/mol. The minimum atomic E-state index is 0.146. The maximum absolute atomic E-state index is 9.86. The Balaban J connectivity index is 2.03. The molecule has 24 heavy (non-hydrogen) atoms. The first kappa shape index (κ1) is 18.5. The summed E-state index contributed by atoms with van der Waals surface area (Å²) < 4.78 is 8.56. The van der Waals surface area contributed by atoms with Gasteiger partial charge in [-0.1, -0.05) is 0 Å². The SMILES string of the molecule is Oc1c(Br)cc(/C=C2\OC(Br)=C2c2cc(Br)c(O)c(Br)c2)cc1Br. The zero-order chi connectivity index (χ0) is 17.6. The topological polar surface area (TPSA) is 49.7 Å². The van der Waals surface area contributed by atoms with Gasteiger partial charge < -0.3 is 14.9 Å². The van der Waals surface area contributed by atoms with Crippen molar-refractivity contribution < 1.29 is 14.9 Å². The van der Waals surface area contributed by atoms with Gasteiger partial charge in [-0.15, -0.1) is 0 Å². The summed E-state index contributed by atoms with van der Waals surface area (Å²) >= 11 is 16.7. The summed E-state index contributed by atoms with van der Waals surface area (Å²) in [6.45, 7) is 0. The Morgan fingerprint density at radius 2 is 1.21 bits per heavy atom. The highest BCUT2D eigenvalue weighted by molar-refractivity contribution is 9.12. The van der Waals surface area contributed by atoms with E-state index >= 15 is 0 Å². The van der Waals surface area contributed by atoms with Crippen LogP contribution in [0.2, 0.25) is 0 Å². The van der Waals surface area contributed by atoms with E-state index < -0.39 is 0 Å². The van der Waals surface area contributed by atoms with Gasteiger partial charge in [-0.3, -0.25) is 0 Å². The summed E-state index contributed by atoms with van der Waals surface area (Å²) in [5, 5.41) is 19.7. The summed E-state index contributed by atoms with van der Waals surface area (Å²) in [4.78, 5) is 0. The Labute approximate surface area is 180 Å². The lowest BCUT2D eigenvalue weighted by atomic mass is 10.0. The van der Waals surface area contributed by atoms with E-state index in [1.807, 2.05) is 18.2 Å². The maximum Gasteiger partial charge on any atom is 0.181 e. The van der Waals surface area contributed by atoms with Crippen LogP contribution in [0.15, 0.2) is 52.6 Å². The molecular weight excluding hydrogens is 640 g/mol. The number of rotatable bonds is 2. The normalized spacial score (nSPS) is 15.5. The van der Waals surface area contributed by atoms with Gasteiger partial charge in [-0.25, -0.2) is 0 Å². The number of allylic oxidation sites excluding steroid dienone is 1. The Hall–Kier alpha value is -0.280. The van der Waals surface area contributed by atoms with Gasteiger partial charge >= 0.3 is 0 Å². The molecule has 0 amide bonds. The van der Waals surface area contributed by atoms with E-state index in [-0.39, 0.29) is 11.5 Å². The molecule has 1 aliphatic heterocycles. The standard InChI is InChI=1S/C16H7Br5O3/c17-8-1-6(2-9(18)14(8)22)3-12-13(16(21)24-12)7-4-10(19)15(23)11(20)5-7/h1-5,22-23H/b12-3-. The Morgan fingerprint density at radius 1 is 0.750 bits per heavy atom. The summed E-state index contributed by atoms with van der Waals surface area (Å²) in [7, 11) is 0. The summed E-state index contributed by atoms with van der Waals surface area (Å²) in [6, 6.07) is 7.22. The first-order chi connectivity index (χ1) is 11.3. The molecule has 2 aromatic rings. The van der Waals surface area contributed by atoms with Crippen molar-refractivity contribution in [2.75, 3.05) is 0 Å². The van der Waals surface area contributed by atoms with Crippen LogP contribution in [-0.4, -0.2) is 10.2 Å². The third-order valence-electron chi connectivity index (χ3n) is 3.29. The zero-order valence-electron chi connectivity index (χ0n) is 11.6. The van der Waals surface area contributed by atoms with Crippen LogP contribution < -0.4 is 0 Å². The smallest absolute Gasteiger partial charge is 0.181 e. The molecule has 0 unspecified atom stereocenters. The molecule has 124 valence electrons. The molecule has 0 saturated heterocycles. The highest BCUT2D eigenvalue weighted by Crippen LogP contribution is 2.46. The van der Waals surface area contributed by atoms with Crippen molar-refractivity contribution in [2.24, 2.45) is 0 Å². The molecule has 1 aliphatic rings. The highest BCUT2D eigenvalue weighted by Gasteiger charge is 2.27. The van der Waals surface area contributed by atoms with Crippen molar-refractivity contribution >= 4 is 91.3 Å². The number of hydrogen-bond acceptors (Lipinski definition) is 3. The second-order valence-electron chi connectivity index (χ2n) is 4.88. The van der Waals surface area contributed by atoms with Gasteiger partial charge in [0.15, 0.2) is 4.67 Å². The van der Waals surface area contributed by atoms with Crippen molar-refractivity contribution in [3.05, 3.63) is 63.7 Å². The largest absolute Gasteiger partial charge is 0.506 e. The van der Waals surface area contributed by atoms with Crippen molar-refractivity contribution in [3.8, 4) is 11.5 Å². The molecule has 0 radical (unpaired) electrons. The third-order valence-corrected chi connectivity index (χ3v) is 6.26. The number of hydrogen-bond donors (Lipinski definition) is 2. The van der Waals surface area contributed by atoms with Gasteiger partial charge in [0.1, 0.15) is 17.3 Å². The van der Waals surface area contributed by atoms with E-state index in [1.165, 1.54) is 0 Å². The number of aromatic hydroxyl groups is 2. The number of benzene rings is 2. The molecule has 2 N–H and O–H groups in total. The van der Waals surface area contributed by atoms with Gasteiger partial charge in [0.05, 0.1) is 23.5 Å². The molecular formula is C16H7Br5O3. The number of halogens is 5. The van der Waals surface area contributed by atoms with Crippen LogP contribution in [0.1, 0.15) is 11.1 Å². The minimum absolute atomic E-state index is 0.146. The van der Waals surface area contributed by atoms with E-state index in [9.17, 15) is 10.2 Å². The Bertz CT molecular complexity index is 872. The van der Waals surface area contributed by atoms with E-state index in [0.29, 0.717) is 28.3 Å². The molecule has 8 heteroatoms. The number of ether oxygens (including phenoxy) is 1. The fourth-order valence-electron chi connectivity index (χ4n) is 2.14. The van der Waals surface area contributed by atoms with Crippen LogP contribution in [0.3, 0.4) is 0 Å². The predicted octanol–water partition coefficient (Wildman–Crippen LogP) is 7.28. The lowest BCUT2D eigenvalue weighted by Gasteiger charge is -2.25. The molecule has 3 nitrogen and oxygen atoms in total. The van der Waals surface area contributed by atoms with Crippen molar-refractivity contribution in [1.82, 2.24) is 0 Å².